The van der Waals surface area contributed by atoms with Crippen molar-refractivity contribution >= 4 is 24.7 Å². The summed E-state index contributed by atoms with van der Waals surface area (Å²) in [6.07, 6.45) is -0.833. The van der Waals surface area contributed by atoms with Gasteiger partial charge in [0, 0.05) is 12.5 Å². The predicted molar refractivity (Wildman–Crippen MR) is 120 cm³/mol. The second-order valence-electron chi connectivity index (χ2n) is 8.75. The Kier molecular flexibility index (Phi) is 7.80. The molecule has 0 heterocycles. The molecule has 158 valence electrons. The molecule has 3 atom stereocenters. The monoisotopic (exact) mass is 414 g/mol. The van der Waals surface area contributed by atoms with Gasteiger partial charge in [0.15, 0.2) is 0 Å². The van der Waals surface area contributed by atoms with Crippen LogP contribution in [-0.4, -0.2) is 39.2 Å². The lowest BCUT2D eigenvalue weighted by atomic mass is 9.94. The Labute approximate surface area is 176 Å². The maximum Gasteiger partial charge on any atom is 0.311 e. The summed E-state index contributed by atoms with van der Waals surface area (Å²) in [7, 11) is -1.31. The molecule has 0 spiro atoms. The molecule has 0 saturated carbocycles. The molecule has 2 aromatic rings. The van der Waals surface area contributed by atoms with E-state index in [1.807, 2.05) is 43.3 Å². The van der Waals surface area contributed by atoms with Gasteiger partial charge in [-0.25, -0.2) is 0 Å². The Morgan fingerprint density at radius 1 is 0.966 bits per heavy atom. The Bertz CT molecular complexity index is 731. The van der Waals surface area contributed by atoms with Crippen LogP contribution in [0, 0.1) is 11.8 Å². The summed E-state index contributed by atoms with van der Waals surface area (Å²) < 4.78 is 11.6. The highest BCUT2D eigenvalue weighted by molar-refractivity contribution is 6.99. The van der Waals surface area contributed by atoms with Crippen LogP contribution < -0.4 is 10.4 Å². The van der Waals surface area contributed by atoms with E-state index in [9.17, 15) is 9.90 Å². The van der Waals surface area contributed by atoms with Gasteiger partial charge in [-0.1, -0.05) is 88.4 Å². The van der Waals surface area contributed by atoms with Crippen molar-refractivity contribution in [3.63, 3.8) is 0 Å². The number of hydrogen-bond acceptors (Lipinski definition) is 4. The first-order chi connectivity index (χ1) is 13.6. The zero-order valence-electron chi connectivity index (χ0n) is 18.4. The van der Waals surface area contributed by atoms with E-state index in [2.05, 4.69) is 45.0 Å². The number of aliphatic hydroxyl groups excluding tert-OH is 1. The molecule has 2 aromatic carbocycles. The van der Waals surface area contributed by atoms with Crippen LogP contribution in [0.3, 0.4) is 0 Å². The summed E-state index contributed by atoms with van der Waals surface area (Å²) >= 11 is 0. The second-order valence-corrected chi connectivity index (χ2v) is 13.1. The molecule has 0 aliphatic rings. The number of aliphatic hydroxyl groups is 1. The molecule has 0 amide bonds. The minimum absolute atomic E-state index is 0.131. The molecule has 0 radical (unpaired) electrons. The number of ether oxygens (including phenoxy) is 1. The Balaban J connectivity index is 2.43. The van der Waals surface area contributed by atoms with Gasteiger partial charge in [0.1, 0.15) is 0 Å². The molecular formula is C24H34O4Si. The summed E-state index contributed by atoms with van der Waals surface area (Å²) in [6, 6.07) is 20.8. The van der Waals surface area contributed by atoms with Crippen molar-refractivity contribution in [3.8, 4) is 0 Å². The molecule has 0 bridgehead atoms. The van der Waals surface area contributed by atoms with Crippen LogP contribution in [0.4, 0.5) is 0 Å². The zero-order chi connectivity index (χ0) is 21.7. The van der Waals surface area contributed by atoms with E-state index in [0.29, 0.717) is 6.61 Å². The van der Waals surface area contributed by atoms with Gasteiger partial charge >= 0.3 is 5.97 Å². The molecular weight excluding hydrogens is 380 g/mol. The molecule has 0 aromatic heterocycles. The molecule has 0 unspecified atom stereocenters. The number of carbonyl (C=O) groups is 1. The third-order valence-corrected chi connectivity index (χ3v) is 10.7. The number of carbonyl (C=O) groups excluding carboxylic acids is 1. The topological polar surface area (TPSA) is 55.8 Å². The highest BCUT2D eigenvalue weighted by Gasteiger charge is 2.50. The molecule has 0 saturated heterocycles. The fraction of sp³-hybridized carbons (Fsp3) is 0.458. The summed E-state index contributed by atoms with van der Waals surface area (Å²) in [5.74, 6) is -1.22. The Morgan fingerprint density at radius 3 is 1.79 bits per heavy atom. The normalized spacial score (nSPS) is 15.4. The van der Waals surface area contributed by atoms with E-state index >= 15 is 0 Å². The van der Waals surface area contributed by atoms with Crippen LogP contribution in [0.15, 0.2) is 60.7 Å². The number of benzene rings is 2. The van der Waals surface area contributed by atoms with Crippen molar-refractivity contribution < 1.29 is 19.1 Å². The van der Waals surface area contributed by atoms with Crippen LogP contribution in [-0.2, 0) is 14.0 Å². The van der Waals surface area contributed by atoms with Crippen molar-refractivity contribution in [2.24, 2.45) is 11.8 Å². The van der Waals surface area contributed by atoms with Crippen molar-refractivity contribution in [2.75, 3.05) is 13.7 Å². The Hall–Kier alpha value is -1.95. The first kappa shape index (κ1) is 23.3. The molecule has 1 N–H and O–H groups in total. The summed E-state index contributed by atoms with van der Waals surface area (Å²) in [5.41, 5.74) is 0. The summed E-state index contributed by atoms with van der Waals surface area (Å²) in [5, 5.41) is 12.9. The molecule has 5 heteroatoms. The number of esters is 1. The zero-order valence-corrected chi connectivity index (χ0v) is 19.4. The van der Waals surface area contributed by atoms with E-state index in [0.717, 1.165) is 0 Å². The van der Waals surface area contributed by atoms with Gasteiger partial charge in [0.05, 0.1) is 19.1 Å². The van der Waals surface area contributed by atoms with Crippen LogP contribution in [0.1, 0.15) is 34.6 Å². The van der Waals surface area contributed by atoms with E-state index in [4.69, 9.17) is 9.16 Å². The van der Waals surface area contributed by atoms with Crippen LogP contribution in [0.5, 0.6) is 0 Å². The SMILES string of the molecule is COC(=O)[C@H](C)[C@H](O)[C@@H](C)CO[Si](c1ccccc1)(c1ccccc1)C(C)(C)C. The standard InChI is InChI=1S/C24H34O4Si/c1-18(22(25)19(2)23(26)27-6)17-28-29(24(3,4)5,20-13-9-7-10-14-20)21-15-11-8-12-16-21/h7-16,18-19,22,25H,17H2,1-6H3/t18-,19+,22+/m0/s1. The van der Waals surface area contributed by atoms with Gasteiger partial charge in [-0.2, -0.15) is 0 Å². The first-order valence-corrected chi connectivity index (χ1v) is 12.1. The quantitative estimate of drug-likeness (QED) is 0.532. The van der Waals surface area contributed by atoms with Gasteiger partial charge in [0.2, 0.25) is 0 Å². The Morgan fingerprint density at radius 2 is 1.41 bits per heavy atom. The summed E-state index contributed by atoms with van der Waals surface area (Å²) in [4.78, 5) is 11.8. The van der Waals surface area contributed by atoms with Gasteiger partial charge < -0.3 is 14.3 Å². The van der Waals surface area contributed by atoms with Gasteiger partial charge in [-0.15, -0.1) is 0 Å². The first-order valence-electron chi connectivity index (χ1n) is 10.2. The third-order valence-electron chi connectivity index (χ3n) is 5.65. The van der Waals surface area contributed by atoms with E-state index in [-0.39, 0.29) is 11.0 Å². The van der Waals surface area contributed by atoms with Crippen molar-refractivity contribution in [3.05, 3.63) is 60.7 Å². The highest BCUT2D eigenvalue weighted by Crippen LogP contribution is 2.37. The van der Waals surface area contributed by atoms with Gasteiger partial charge in [-0.3, -0.25) is 4.79 Å². The van der Waals surface area contributed by atoms with Crippen molar-refractivity contribution in [1.82, 2.24) is 0 Å². The molecule has 0 aliphatic heterocycles. The third kappa shape index (κ3) is 4.97. The lowest BCUT2D eigenvalue weighted by Crippen LogP contribution is -2.67. The van der Waals surface area contributed by atoms with Crippen LogP contribution in [0.2, 0.25) is 5.04 Å². The van der Waals surface area contributed by atoms with Crippen molar-refractivity contribution in [2.45, 2.75) is 45.8 Å². The number of hydrogen-bond donors (Lipinski definition) is 1. The van der Waals surface area contributed by atoms with E-state index in [1.165, 1.54) is 17.5 Å². The number of methoxy groups -OCH3 is 1. The van der Waals surface area contributed by atoms with Crippen molar-refractivity contribution in [1.29, 1.82) is 0 Å². The average molecular weight is 415 g/mol. The lowest BCUT2D eigenvalue weighted by Gasteiger charge is -2.44. The van der Waals surface area contributed by atoms with Gasteiger partial charge in [0.25, 0.3) is 8.32 Å². The van der Waals surface area contributed by atoms with Crippen LogP contribution in [0.25, 0.3) is 0 Å². The maximum atomic E-state index is 11.8. The predicted octanol–water partition coefficient (Wildman–Crippen LogP) is 3.37. The molecule has 0 fully saturated rings. The maximum absolute atomic E-state index is 11.8. The minimum atomic E-state index is -2.66. The highest BCUT2D eigenvalue weighted by atomic mass is 28.4. The van der Waals surface area contributed by atoms with E-state index < -0.39 is 26.3 Å². The molecule has 29 heavy (non-hydrogen) atoms. The molecule has 0 aliphatic carbocycles. The second kappa shape index (κ2) is 9.70. The summed E-state index contributed by atoms with van der Waals surface area (Å²) in [6.45, 7) is 10.6. The average Bonchev–Trinajstić information content (AvgIpc) is 2.72. The molecule has 2 rings (SSSR count). The largest absolute Gasteiger partial charge is 0.469 e. The van der Waals surface area contributed by atoms with E-state index in [1.54, 1.807) is 6.92 Å². The minimum Gasteiger partial charge on any atom is -0.469 e. The fourth-order valence-electron chi connectivity index (χ4n) is 3.93. The van der Waals surface area contributed by atoms with Gasteiger partial charge in [-0.05, 0) is 22.3 Å². The molecule has 4 nitrogen and oxygen atoms in total. The van der Waals surface area contributed by atoms with Crippen LogP contribution >= 0.6 is 0 Å². The number of rotatable bonds is 8. The fourth-order valence-corrected chi connectivity index (χ4v) is 8.60. The lowest BCUT2D eigenvalue weighted by molar-refractivity contribution is -0.150. The smallest absolute Gasteiger partial charge is 0.311 e.